The Hall–Kier alpha value is -1.62. The monoisotopic (exact) mass is 280 g/mol. The molecule has 1 unspecified atom stereocenters. The fourth-order valence-corrected chi connectivity index (χ4v) is 2.28. The zero-order valence-corrected chi connectivity index (χ0v) is 11.9. The smallest absolute Gasteiger partial charge is 0.315 e. The van der Waals surface area contributed by atoms with Gasteiger partial charge in [-0.05, 0) is 44.4 Å². The van der Waals surface area contributed by atoms with Gasteiger partial charge in [0.05, 0.1) is 11.6 Å². The summed E-state index contributed by atoms with van der Waals surface area (Å²) in [5.74, 6) is -0.285. The highest BCUT2D eigenvalue weighted by atomic mass is 19.1. The zero-order valence-electron chi connectivity index (χ0n) is 11.9. The Kier molecular flexibility index (Phi) is 4.60. The lowest BCUT2D eigenvalue weighted by Gasteiger charge is -2.27. The molecule has 0 aromatic heterocycles. The Balaban J connectivity index is 1.86. The van der Waals surface area contributed by atoms with Gasteiger partial charge in [0.25, 0.3) is 0 Å². The van der Waals surface area contributed by atoms with Gasteiger partial charge in [-0.2, -0.15) is 0 Å². The van der Waals surface area contributed by atoms with E-state index in [1.807, 2.05) is 13.8 Å². The lowest BCUT2D eigenvalue weighted by Crippen LogP contribution is -2.48. The molecule has 2 amide bonds. The molecule has 0 radical (unpaired) electrons. The highest BCUT2D eigenvalue weighted by molar-refractivity contribution is 5.75. The summed E-state index contributed by atoms with van der Waals surface area (Å²) in [5.41, 5.74) is 0.292. The number of hydrogen-bond acceptors (Lipinski definition) is 2. The largest absolute Gasteiger partial charge is 0.376 e. The van der Waals surface area contributed by atoms with Gasteiger partial charge in [-0.25, -0.2) is 9.18 Å². The molecule has 1 saturated heterocycles. The van der Waals surface area contributed by atoms with Gasteiger partial charge in [0, 0.05) is 13.2 Å². The van der Waals surface area contributed by atoms with Crippen LogP contribution in [0.1, 0.15) is 32.3 Å². The van der Waals surface area contributed by atoms with Crippen LogP contribution < -0.4 is 10.6 Å². The number of carbonyl (C=O) groups excluding carboxylic acids is 1. The van der Waals surface area contributed by atoms with Gasteiger partial charge in [-0.3, -0.25) is 0 Å². The first-order valence-electron chi connectivity index (χ1n) is 6.91. The van der Waals surface area contributed by atoms with E-state index in [2.05, 4.69) is 10.6 Å². The lowest BCUT2D eigenvalue weighted by atomic mass is 9.94. The maximum absolute atomic E-state index is 12.9. The predicted octanol–water partition coefficient (Wildman–Crippen LogP) is 2.54. The number of ether oxygens (including phenoxy) is 1. The molecule has 0 spiro atoms. The van der Waals surface area contributed by atoms with Crippen molar-refractivity contribution in [2.24, 2.45) is 0 Å². The number of rotatable bonds is 4. The van der Waals surface area contributed by atoms with Crippen molar-refractivity contribution < 1.29 is 13.9 Å². The van der Waals surface area contributed by atoms with Gasteiger partial charge in [0.1, 0.15) is 5.82 Å². The third kappa shape index (κ3) is 3.93. The Bertz CT molecular complexity index is 453. The van der Waals surface area contributed by atoms with E-state index in [0.29, 0.717) is 6.54 Å². The van der Waals surface area contributed by atoms with E-state index in [1.165, 1.54) is 12.1 Å². The average molecular weight is 280 g/mol. The van der Waals surface area contributed by atoms with E-state index >= 15 is 0 Å². The van der Waals surface area contributed by atoms with Crippen molar-refractivity contribution in [1.29, 1.82) is 0 Å². The highest BCUT2D eigenvalue weighted by Crippen LogP contribution is 2.20. The van der Waals surface area contributed by atoms with Gasteiger partial charge in [0.15, 0.2) is 0 Å². The highest BCUT2D eigenvalue weighted by Gasteiger charge is 2.23. The van der Waals surface area contributed by atoms with Crippen LogP contribution in [0.3, 0.4) is 0 Å². The molecule has 2 rings (SSSR count). The molecule has 1 aromatic carbocycles. The molecule has 0 saturated carbocycles. The molecule has 1 aliphatic heterocycles. The van der Waals surface area contributed by atoms with E-state index < -0.39 is 5.54 Å². The summed E-state index contributed by atoms with van der Waals surface area (Å²) in [5, 5.41) is 5.70. The van der Waals surface area contributed by atoms with Crippen molar-refractivity contribution in [3.05, 3.63) is 35.6 Å². The molecule has 1 aromatic rings. The second-order valence-corrected chi connectivity index (χ2v) is 5.60. The number of halogens is 1. The molecular formula is C15H21FN2O2. The first-order valence-corrected chi connectivity index (χ1v) is 6.91. The fourth-order valence-electron chi connectivity index (χ4n) is 2.28. The summed E-state index contributed by atoms with van der Waals surface area (Å²) in [6, 6.07) is 5.90. The minimum atomic E-state index is -0.561. The maximum Gasteiger partial charge on any atom is 0.315 e. The van der Waals surface area contributed by atoms with Crippen LogP contribution in [0.4, 0.5) is 9.18 Å². The molecule has 110 valence electrons. The number of amides is 2. The van der Waals surface area contributed by atoms with E-state index in [0.717, 1.165) is 25.0 Å². The van der Waals surface area contributed by atoms with Gasteiger partial charge in [0.2, 0.25) is 0 Å². The Morgan fingerprint density at radius 2 is 2.10 bits per heavy atom. The third-order valence-corrected chi connectivity index (χ3v) is 3.51. The van der Waals surface area contributed by atoms with Gasteiger partial charge in [-0.1, -0.05) is 12.1 Å². The summed E-state index contributed by atoms with van der Waals surface area (Å²) >= 11 is 0. The van der Waals surface area contributed by atoms with Crippen LogP contribution in [0.25, 0.3) is 0 Å². The zero-order chi connectivity index (χ0) is 14.6. The minimum absolute atomic E-state index is 0.120. The van der Waals surface area contributed by atoms with Crippen molar-refractivity contribution in [3.8, 4) is 0 Å². The van der Waals surface area contributed by atoms with Gasteiger partial charge in [-0.15, -0.1) is 0 Å². The van der Waals surface area contributed by atoms with E-state index in [-0.39, 0.29) is 18.0 Å². The lowest BCUT2D eigenvalue weighted by molar-refractivity contribution is 0.111. The Labute approximate surface area is 118 Å². The predicted molar refractivity (Wildman–Crippen MR) is 74.9 cm³/mol. The summed E-state index contributed by atoms with van der Waals surface area (Å²) < 4.78 is 18.4. The van der Waals surface area contributed by atoms with Crippen LogP contribution in [-0.2, 0) is 10.3 Å². The second-order valence-electron chi connectivity index (χ2n) is 5.60. The molecule has 2 N–H and O–H groups in total. The maximum atomic E-state index is 12.9. The second kappa shape index (κ2) is 6.22. The van der Waals surface area contributed by atoms with Crippen molar-refractivity contribution in [1.82, 2.24) is 10.6 Å². The summed E-state index contributed by atoms with van der Waals surface area (Å²) in [7, 11) is 0. The SMILES string of the molecule is CC(C)(NC(=O)NCC1CCCO1)c1ccc(F)cc1. The van der Waals surface area contributed by atoms with Crippen LogP contribution in [0.5, 0.6) is 0 Å². The third-order valence-electron chi connectivity index (χ3n) is 3.51. The fraction of sp³-hybridized carbons (Fsp3) is 0.533. The number of hydrogen-bond donors (Lipinski definition) is 2. The van der Waals surface area contributed by atoms with Crippen LogP contribution in [0.15, 0.2) is 24.3 Å². The molecule has 1 atom stereocenters. The van der Waals surface area contributed by atoms with Crippen molar-refractivity contribution >= 4 is 6.03 Å². The van der Waals surface area contributed by atoms with Crippen LogP contribution >= 0.6 is 0 Å². The summed E-state index contributed by atoms with van der Waals surface area (Å²) in [4.78, 5) is 11.9. The molecule has 0 bridgehead atoms. The molecule has 1 fully saturated rings. The molecule has 0 aliphatic carbocycles. The number of carbonyl (C=O) groups is 1. The summed E-state index contributed by atoms with van der Waals surface area (Å²) in [6.45, 7) is 5.05. The minimum Gasteiger partial charge on any atom is -0.376 e. The average Bonchev–Trinajstić information content (AvgIpc) is 2.89. The van der Waals surface area contributed by atoms with E-state index in [9.17, 15) is 9.18 Å². The van der Waals surface area contributed by atoms with Gasteiger partial charge >= 0.3 is 6.03 Å². The molecule has 4 nitrogen and oxygen atoms in total. The van der Waals surface area contributed by atoms with E-state index in [1.54, 1.807) is 12.1 Å². The number of nitrogens with one attached hydrogen (secondary N) is 2. The van der Waals surface area contributed by atoms with Crippen molar-refractivity contribution in [3.63, 3.8) is 0 Å². The van der Waals surface area contributed by atoms with Crippen LogP contribution in [-0.4, -0.2) is 25.3 Å². The number of urea groups is 1. The molecule has 5 heteroatoms. The first kappa shape index (κ1) is 14.8. The van der Waals surface area contributed by atoms with Crippen LogP contribution in [0, 0.1) is 5.82 Å². The molecular weight excluding hydrogens is 259 g/mol. The standard InChI is InChI=1S/C15H21FN2O2/c1-15(2,11-5-7-12(16)8-6-11)18-14(19)17-10-13-4-3-9-20-13/h5-8,13H,3-4,9-10H2,1-2H3,(H2,17,18,19). The normalized spacial score (nSPS) is 18.9. The van der Waals surface area contributed by atoms with E-state index in [4.69, 9.17) is 4.74 Å². The molecule has 20 heavy (non-hydrogen) atoms. The molecule has 1 aliphatic rings. The topological polar surface area (TPSA) is 50.4 Å². The Morgan fingerprint density at radius 3 is 2.70 bits per heavy atom. The van der Waals surface area contributed by atoms with Crippen LogP contribution in [0.2, 0.25) is 0 Å². The number of benzene rings is 1. The quantitative estimate of drug-likeness (QED) is 0.890. The molecule has 1 heterocycles. The van der Waals surface area contributed by atoms with Crippen molar-refractivity contribution in [2.75, 3.05) is 13.2 Å². The summed E-state index contributed by atoms with van der Waals surface area (Å²) in [6.07, 6.45) is 2.16. The Morgan fingerprint density at radius 1 is 1.40 bits per heavy atom. The van der Waals surface area contributed by atoms with Gasteiger partial charge < -0.3 is 15.4 Å². The van der Waals surface area contributed by atoms with Crippen molar-refractivity contribution in [2.45, 2.75) is 38.3 Å². The first-order chi connectivity index (χ1) is 9.47.